The molecule has 0 aliphatic rings. The number of ether oxygens (including phenoxy) is 1. The van der Waals surface area contributed by atoms with Gasteiger partial charge in [-0.1, -0.05) is 13.0 Å². The van der Waals surface area contributed by atoms with E-state index in [4.69, 9.17) is 10.5 Å². The Morgan fingerprint density at radius 3 is 2.61 bits per heavy atom. The van der Waals surface area contributed by atoms with E-state index in [1.807, 2.05) is 18.7 Å². The molecule has 0 spiro atoms. The van der Waals surface area contributed by atoms with Crippen molar-refractivity contribution in [3.05, 3.63) is 23.8 Å². The van der Waals surface area contributed by atoms with Crippen LogP contribution in [0.15, 0.2) is 18.2 Å². The van der Waals surface area contributed by atoms with Crippen molar-refractivity contribution in [1.29, 1.82) is 0 Å². The second-order valence-electron chi connectivity index (χ2n) is 4.28. The number of benzene rings is 1. The van der Waals surface area contributed by atoms with E-state index in [0.717, 1.165) is 6.42 Å². The summed E-state index contributed by atoms with van der Waals surface area (Å²) in [4.78, 5) is 14.3. The fraction of sp³-hybridized carbons (Fsp3) is 0.500. The van der Waals surface area contributed by atoms with Gasteiger partial charge in [0.25, 0.3) is 5.91 Å². The van der Waals surface area contributed by atoms with E-state index in [2.05, 4.69) is 6.92 Å². The van der Waals surface area contributed by atoms with Crippen molar-refractivity contribution in [2.45, 2.75) is 33.2 Å². The normalized spacial score (nSPS) is 12.0. The van der Waals surface area contributed by atoms with Crippen LogP contribution in [0.2, 0.25) is 0 Å². The van der Waals surface area contributed by atoms with Crippen LogP contribution in [0.1, 0.15) is 37.6 Å². The zero-order valence-corrected chi connectivity index (χ0v) is 11.6. The molecule has 0 saturated heterocycles. The Morgan fingerprint density at radius 2 is 2.11 bits per heavy atom. The maximum atomic E-state index is 12.5. The zero-order chi connectivity index (χ0) is 13.7. The average molecular weight is 250 g/mol. The minimum Gasteiger partial charge on any atom is -0.494 e. The Balaban J connectivity index is 3.13. The highest BCUT2D eigenvalue weighted by atomic mass is 16.5. The maximum absolute atomic E-state index is 12.5. The maximum Gasteiger partial charge on any atom is 0.257 e. The molecule has 0 aliphatic carbocycles. The van der Waals surface area contributed by atoms with Crippen LogP contribution in [0.3, 0.4) is 0 Å². The van der Waals surface area contributed by atoms with E-state index in [1.54, 1.807) is 18.2 Å². The number of amides is 1. The summed E-state index contributed by atoms with van der Waals surface area (Å²) in [6.07, 6.45) is 0.921. The Kier molecular flexibility index (Phi) is 5.01. The van der Waals surface area contributed by atoms with Gasteiger partial charge in [-0.05, 0) is 32.4 Å². The summed E-state index contributed by atoms with van der Waals surface area (Å²) in [6.45, 7) is 6.76. The number of methoxy groups -OCH3 is 1. The fourth-order valence-corrected chi connectivity index (χ4v) is 1.98. The van der Waals surface area contributed by atoms with Crippen LogP contribution in [-0.2, 0) is 0 Å². The molecule has 1 rings (SSSR count). The molecule has 0 aliphatic heterocycles. The summed E-state index contributed by atoms with van der Waals surface area (Å²) < 4.78 is 5.23. The minimum absolute atomic E-state index is 0.0315. The van der Waals surface area contributed by atoms with Gasteiger partial charge in [0, 0.05) is 12.6 Å². The molecular formula is C14H22N2O2. The summed E-state index contributed by atoms with van der Waals surface area (Å²) in [5.74, 6) is 0.431. The molecule has 1 aromatic rings. The first kappa shape index (κ1) is 14.4. The van der Waals surface area contributed by atoms with E-state index in [-0.39, 0.29) is 11.9 Å². The Labute approximate surface area is 109 Å². The molecule has 0 bridgehead atoms. The number of para-hydroxylation sites is 1. The third kappa shape index (κ3) is 2.75. The second-order valence-corrected chi connectivity index (χ2v) is 4.28. The van der Waals surface area contributed by atoms with Crippen LogP contribution in [-0.4, -0.2) is 30.5 Å². The molecule has 0 saturated carbocycles. The molecule has 18 heavy (non-hydrogen) atoms. The first-order valence-corrected chi connectivity index (χ1v) is 6.30. The van der Waals surface area contributed by atoms with E-state index in [1.165, 1.54) is 7.11 Å². The van der Waals surface area contributed by atoms with Crippen LogP contribution in [0.5, 0.6) is 5.75 Å². The van der Waals surface area contributed by atoms with E-state index >= 15 is 0 Å². The average Bonchev–Trinajstić information content (AvgIpc) is 2.38. The van der Waals surface area contributed by atoms with Crippen molar-refractivity contribution >= 4 is 11.6 Å². The summed E-state index contributed by atoms with van der Waals surface area (Å²) in [7, 11) is 1.53. The van der Waals surface area contributed by atoms with Crippen molar-refractivity contribution in [2.75, 3.05) is 19.4 Å². The smallest absolute Gasteiger partial charge is 0.257 e. The van der Waals surface area contributed by atoms with Crippen LogP contribution in [0, 0.1) is 0 Å². The number of rotatable bonds is 5. The highest BCUT2D eigenvalue weighted by molar-refractivity contribution is 5.98. The lowest BCUT2D eigenvalue weighted by atomic mass is 10.1. The predicted octanol–water partition coefficient (Wildman–Crippen LogP) is 2.54. The van der Waals surface area contributed by atoms with Gasteiger partial charge in [0.15, 0.2) is 5.75 Å². The molecule has 2 N–H and O–H groups in total. The first-order chi connectivity index (χ1) is 8.56. The van der Waals surface area contributed by atoms with Crippen LogP contribution in [0.25, 0.3) is 0 Å². The number of nitrogen functional groups attached to an aromatic ring is 1. The van der Waals surface area contributed by atoms with Crippen LogP contribution >= 0.6 is 0 Å². The molecule has 4 nitrogen and oxygen atoms in total. The predicted molar refractivity (Wildman–Crippen MR) is 73.9 cm³/mol. The van der Waals surface area contributed by atoms with Crippen molar-refractivity contribution in [3.8, 4) is 5.75 Å². The standard InChI is InChI=1S/C14H22N2O2/c1-5-10(3)16(6-2)14(17)11-8-7-9-12(15)13(11)18-4/h7-10H,5-6,15H2,1-4H3. The van der Waals surface area contributed by atoms with Gasteiger partial charge in [-0.15, -0.1) is 0 Å². The van der Waals surface area contributed by atoms with Gasteiger partial charge in [-0.3, -0.25) is 4.79 Å². The van der Waals surface area contributed by atoms with E-state index in [9.17, 15) is 4.79 Å². The number of nitrogens with two attached hydrogens (primary N) is 1. The fourth-order valence-electron chi connectivity index (χ4n) is 1.98. The highest BCUT2D eigenvalue weighted by Gasteiger charge is 2.22. The van der Waals surface area contributed by atoms with Crippen molar-refractivity contribution in [1.82, 2.24) is 4.90 Å². The molecule has 1 amide bonds. The molecule has 0 fully saturated rings. The Bertz CT molecular complexity index is 418. The second kappa shape index (κ2) is 6.28. The van der Waals surface area contributed by atoms with E-state index in [0.29, 0.717) is 23.5 Å². The third-order valence-electron chi connectivity index (χ3n) is 3.20. The van der Waals surface area contributed by atoms with E-state index < -0.39 is 0 Å². The minimum atomic E-state index is -0.0315. The topological polar surface area (TPSA) is 55.6 Å². The number of carbonyl (C=O) groups is 1. The molecule has 4 heteroatoms. The van der Waals surface area contributed by atoms with Gasteiger partial charge >= 0.3 is 0 Å². The summed E-state index contributed by atoms with van der Waals surface area (Å²) >= 11 is 0. The first-order valence-electron chi connectivity index (χ1n) is 6.30. The Morgan fingerprint density at radius 1 is 1.44 bits per heavy atom. The molecule has 1 unspecified atom stereocenters. The summed E-state index contributed by atoms with van der Waals surface area (Å²) in [5.41, 5.74) is 6.84. The van der Waals surface area contributed by atoms with Crippen molar-refractivity contribution in [2.24, 2.45) is 0 Å². The molecule has 1 atom stereocenters. The lowest BCUT2D eigenvalue weighted by Gasteiger charge is -2.28. The van der Waals surface area contributed by atoms with Gasteiger partial charge in [0.05, 0.1) is 18.4 Å². The number of hydrogen-bond donors (Lipinski definition) is 1. The Hall–Kier alpha value is -1.71. The van der Waals surface area contributed by atoms with Gasteiger partial charge in [-0.25, -0.2) is 0 Å². The quantitative estimate of drug-likeness (QED) is 0.817. The van der Waals surface area contributed by atoms with Crippen LogP contribution < -0.4 is 10.5 Å². The lowest BCUT2D eigenvalue weighted by molar-refractivity contribution is 0.0696. The number of nitrogens with zero attached hydrogens (tertiary/aromatic N) is 1. The lowest BCUT2D eigenvalue weighted by Crippen LogP contribution is -2.38. The largest absolute Gasteiger partial charge is 0.494 e. The molecule has 100 valence electrons. The zero-order valence-electron chi connectivity index (χ0n) is 11.6. The molecular weight excluding hydrogens is 228 g/mol. The van der Waals surface area contributed by atoms with Gasteiger partial charge < -0.3 is 15.4 Å². The van der Waals surface area contributed by atoms with Crippen molar-refractivity contribution in [3.63, 3.8) is 0 Å². The monoisotopic (exact) mass is 250 g/mol. The number of hydrogen-bond acceptors (Lipinski definition) is 3. The van der Waals surface area contributed by atoms with Crippen molar-refractivity contribution < 1.29 is 9.53 Å². The van der Waals surface area contributed by atoms with Gasteiger partial charge in [0.2, 0.25) is 0 Å². The SMILES string of the molecule is CCC(C)N(CC)C(=O)c1cccc(N)c1OC. The molecule has 0 aromatic heterocycles. The molecule has 0 heterocycles. The van der Waals surface area contributed by atoms with Crippen LogP contribution in [0.4, 0.5) is 5.69 Å². The van der Waals surface area contributed by atoms with Gasteiger partial charge in [-0.2, -0.15) is 0 Å². The third-order valence-corrected chi connectivity index (χ3v) is 3.20. The molecule has 0 radical (unpaired) electrons. The summed E-state index contributed by atoms with van der Waals surface area (Å²) in [5, 5.41) is 0. The number of anilines is 1. The van der Waals surface area contributed by atoms with Gasteiger partial charge in [0.1, 0.15) is 0 Å². The molecule has 1 aromatic carbocycles. The highest BCUT2D eigenvalue weighted by Crippen LogP contribution is 2.27. The summed E-state index contributed by atoms with van der Waals surface area (Å²) in [6, 6.07) is 5.46. The number of carbonyl (C=O) groups excluding carboxylic acids is 1.